The highest BCUT2D eigenvalue weighted by atomic mass is 32.2. The molecule has 0 saturated heterocycles. The molecule has 0 bridgehead atoms. The third kappa shape index (κ3) is 2.56. The Balaban J connectivity index is 2.16. The molecule has 0 N–H and O–H groups in total. The summed E-state index contributed by atoms with van der Waals surface area (Å²) in [5.74, 6) is 1.83. The smallest absolute Gasteiger partial charge is 0.197 e. The van der Waals surface area contributed by atoms with Gasteiger partial charge < -0.3 is 4.42 Å². The van der Waals surface area contributed by atoms with Gasteiger partial charge >= 0.3 is 0 Å². The summed E-state index contributed by atoms with van der Waals surface area (Å²) >= 11 is 1.36. The molecule has 0 aliphatic rings. The van der Waals surface area contributed by atoms with Gasteiger partial charge in [0, 0.05) is 5.69 Å². The predicted molar refractivity (Wildman–Crippen MR) is 80.1 cm³/mol. The number of para-hydroxylation sites is 1. The lowest BCUT2D eigenvalue weighted by atomic mass is 10.2. The molecule has 3 aromatic rings. The van der Waals surface area contributed by atoms with Crippen LogP contribution in [0.3, 0.4) is 0 Å². The van der Waals surface area contributed by atoms with E-state index < -0.39 is 0 Å². The fourth-order valence-electron chi connectivity index (χ4n) is 2.06. The summed E-state index contributed by atoms with van der Waals surface area (Å²) in [5, 5.41) is 18.0. The van der Waals surface area contributed by atoms with Crippen molar-refractivity contribution in [3.8, 4) is 23.1 Å². The number of hydrogen-bond acceptors (Lipinski definition) is 5. The number of nitrogens with zero attached hydrogens (tertiary/aromatic N) is 4. The van der Waals surface area contributed by atoms with Crippen LogP contribution in [0.25, 0.3) is 17.1 Å². The summed E-state index contributed by atoms with van der Waals surface area (Å²) in [6.45, 7) is 1.89. The van der Waals surface area contributed by atoms with Gasteiger partial charge in [-0.3, -0.25) is 4.57 Å². The van der Waals surface area contributed by atoms with Crippen LogP contribution in [0.1, 0.15) is 5.76 Å². The first kappa shape index (κ1) is 13.5. The lowest BCUT2D eigenvalue weighted by molar-refractivity contribution is 0.535. The van der Waals surface area contributed by atoms with Crippen molar-refractivity contribution in [1.29, 1.82) is 5.26 Å². The molecule has 0 fully saturated rings. The van der Waals surface area contributed by atoms with Gasteiger partial charge in [0.25, 0.3) is 0 Å². The molecule has 1 aromatic carbocycles. The molecule has 0 atom stereocenters. The van der Waals surface area contributed by atoms with E-state index in [1.54, 1.807) is 6.26 Å². The van der Waals surface area contributed by atoms with Crippen LogP contribution >= 0.6 is 11.8 Å². The van der Waals surface area contributed by atoms with Gasteiger partial charge in [0.1, 0.15) is 5.76 Å². The Bertz CT molecular complexity index is 786. The summed E-state index contributed by atoms with van der Waals surface area (Å²) in [6.07, 6.45) is 1.64. The Kier molecular flexibility index (Phi) is 3.75. The first-order valence-electron chi connectivity index (χ1n) is 6.36. The minimum Gasteiger partial charge on any atom is -0.469 e. The lowest BCUT2D eigenvalue weighted by Gasteiger charge is -2.08. The van der Waals surface area contributed by atoms with E-state index in [1.807, 2.05) is 47.9 Å². The average molecular weight is 296 g/mol. The Morgan fingerprint density at radius 2 is 2.05 bits per heavy atom. The van der Waals surface area contributed by atoms with Crippen LogP contribution in [0.2, 0.25) is 0 Å². The molecular formula is C15H12N4OS. The molecule has 21 heavy (non-hydrogen) atoms. The van der Waals surface area contributed by atoms with Crippen molar-refractivity contribution in [2.24, 2.45) is 0 Å². The molecule has 2 heterocycles. The second-order valence-corrected chi connectivity index (χ2v) is 5.26. The zero-order valence-electron chi connectivity index (χ0n) is 11.4. The standard InChI is InChI=1S/C15H12N4OS/c1-11-13(7-9-20-11)14-17-18-15(21-10-8-16)19(14)12-5-3-2-4-6-12/h2-7,9H,10H2,1H3. The molecule has 0 spiro atoms. The van der Waals surface area contributed by atoms with Gasteiger partial charge in [-0.25, -0.2) is 0 Å². The Labute approximate surface area is 126 Å². The van der Waals surface area contributed by atoms with Crippen molar-refractivity contribution in [2.45, 2.75) is 12.1 Å². The number of hydrogen-bond donors (Lipinski definition) is 0. The minimum absolute atomic E-state index is 0.329. The molecule has 0 aliphatic carbocycles. The van der Waals surface area contributed by atoms with Gasteiger partial charge in [-0.05, 0) is 25.1 Å². The van der Waals surface area contributed by atoms with E-state index >= 15 is 0 Å². The van der Waals surface area contributed by atoms with Gasteiger partial charge in [0.2, 0.25) is 0 Å². The maximum atomic E-state index is 8.78. The molecule has 0 aliphatic heterocycles. The lowest BCUT2D eigenvalue weighted by Crippen LogP contribution is -1.99. The van der Waals surface area contributed by atoms with E-state index in [0.717, 1.165) is 17.0 Å². The van der Waals surface area contributed by atoms with Gasteiger partial charge in [-0.2, -0.15) is 5.26 Å². The van der Waals surface area contributed by atoms with Crippen LogP contribution in [0.5, 0.6) is 0 Å². The van der Waals surface area contributed by atoms with E-state index in [1.165, 1.54) is 11.8 Å². The first-order chi connectivity index (χ1) is 10.3. The largest absolute Gasteiger partial charge is 0.469 e. The summed E-state index contributed by atoms with van der Waals surface area (Å²) in [5.41, 5.74) is 1.86. The number of aryl methyl sites for hydroxylation is 1. The molecule has 0 amide bonds. The minimum atomic E-state index is 0.329. The third-order valence-electron chi connectivity index (χ3n) is 3.01. The second-order valence-electron chi connectivity index (χ2n) is 4.31. The second kappa shape index (κ2) is 5.85. The number of aromatic nitrogens is 3. The van der Waals surface area contributed by atoms with E-state index in [4.69, 9.17) is 9.68 Å². The van der Waals surface area contributed by atoms with Crippen molar-refractivity contribution >= 4 is 11.8 Å². The van der Waals surface area contributed by atoms with Gasteiger partial charge in [0.05, 0.1) is 23.6 Å². The Morgan fingerprint density at radius 3 is 2.71 bits per heavy atom. The SMILES string of the molecule is Cc1occc1-c1nnc(SCC#N)n1-c1ccccc1. The molecule has 0 unspecified atom stereocenters. The van der Waals surface area contributed by atoms with Crippen LogP contribution in [-0.4, -0.2) is 20.5 Å². The van der Waals surface area contributed by atoms with Crippen LogP contribution in [0.4, 0.5) is 0 Å². The summed E-state index contributed by atoms with van der Waals surface area (Å²) in [4.78, 5) is 0. The molecule has 6 heteroatoms. The molecule has 0 radical (unpaired) electrons. The maximum absolute atomic E-state index is 8.78. The van der Waals surface area contributed by atoms with Crippen LogP contribution in [0, 0.1) is 18.3 Å². The molecule has 0 saturated carbocycles. The summed E-state index contributed by atoms with van der Waals surface area (Å²) in [7, 11) is 0. The monoisotopic (exact) mass is 296 g/mol. The fraction of sp³-hybridized carbons (Fsp3) is 0.133. The summed E-state index contributed by atoms with van der Waals surface area (Å²) in [6, 6.07) is 13.8. The highest BCUT2D eigenvalue weighted by Crippen LogP contribution is 2.29. The Hall–Kier alpha value is -2.52. The zero-order valence-corrected chi connectivity index (χ0v) is 12.2. The predicted octanol–water partition coefficient (Wildman–Crippen LogP) is 3.45. The van der Waals surface area contributed by atoms with Gasteiger partial charge in [0.15, 0.2) is 11.0 Å². The molecular weight excluding hydrogens is 284 g/mol. The first-order valence-corrected chi connectivity index (χ1v) is 7.35. The number of benzene rings is 1. The van der Waals surface area contributed by atoms with Crippen LogP contribution in [-0.2, 0) is 0 Å². The molecule has 5 nitrogen and oxygen atoms in total. The maximum Gasteiger partial charge on any atom is 0.197 e. The van der Waals surface area contributed by atoms with Crippen molar-refractivity contribution in [3.05, 3.63) is 48.4 Å². The normalized spacial score (nSPS) is 10.5. The zero-order chi connectivity index (χ0) is 14.7. The van der Waals surface area contributed by atoms with Gasteiger partial charge in [-0.15, -0.1) is 10.2 Å². The van der Waals surface area contributed by atoms with Crippen LogP contribution in [0.15, 0.2) is 52.2 Å². The topological polar surface area (TPSA) is 67.6 Å². The van der Waals surface area contributed by atoms with E-state index in [2.05, 4.69) is 16.3 Å². The van der Waals surface area contributed by atoms with Crippen LogP contribution < -0.4 is 0 Å². The van der Waals surface area contributed by atoms with Crippen molar-refractivity contribution in [1.82, 2.24) is 14.8 Å². The highest BCUT2D eigenvalue weighted by Gasteiger charge is 2.18. The van der Waals surface area contributed by atoms with Crippen molar-refractivity contribution < 1.29 is 4.42 Å². The average Bonchev–Trinajstić information content (AvgIpc) is 3.11. The molecule has 104 valence electrons. The van der Waals surface area contributed by atoms with Crippen molar-refractivity contribution in [2.75, 3.05) is 5.75 Å². The number of rotatable bonds is 4. The van der Waals surface area contributed by atoms with Crippen molar-refractivity contribution in [3.63, 3.8) is 0 Å². The number of furan rings is 1. The molecule has 3 rings (SSSR count). The number of nitriles is 1. The number of thioether (sulfide) groups is 1. The van der Waals surface area contributed by atoms with E-state index in [-0.39, 0.29) is 0 Å². The van der Waals surface area contributed by atoms with E-state index in [9.17, 15) is 0 Å². The molecule has 2 aromatic heterocycles. The van der Waals surface area contributed by atoms with Gasteiger partial charge in [-0.1, -0.05) is 30.0 Å². The van der Waals surface area contributed by atoms with E-state index in [0.29, 0.717) is 16.7 Å². The fourth-order valence-corrected chi connectivity index (χ4v) is 2.67. The highest BCUT2D eigenvalue weighted by molar-refractivity contribution is 7.99. The quantitative estimate of drug-likeness (QED) is 0.690. The Morgan fingerprint density at radius 1 is 1.24 bits per heavy atom. The third-order valence-corrected chi connectivity index (χ3v) is 3.81. The summed E-state index contributed by atoms with van der Waals surface area (Å²) < 4.78 is 7.30.